The summed E-state index contributed by atoms with van der Waals surface area (Å²) in [6.45, 7) is 1.66. The number of fused-ring (bicyclic) bond motifs is 1. The Balaban J connectivity index is 1.82. The van der Waals surface area contributed by atoms with Gasteiger partial charge in [-0.2, -0.15) is 0 Å². The van der Waals surface area contributed by atoms with Crippen molar-refractivity contribution in [1.82, 2.24) is 9.97 Å². The molecule has 4 heteroatoms. The van der Waals surface area contributed by atoms with Gasteiger partial charge in [0.2, 0.25) is 0 Å². The average Bonchev–Trinajstić information content (AvgIpc) is 2.94. The van der Waals surface area contributed by atoms with Crippen LogP contribution >= 0.6 is 0 Å². The van der Waals surface area contributed by atoms with E-state index in [1.807, 2.05) is 18.2 Å². The van der Waals surface area contributed by atoms with Crippen LogP contribution in [0, 0.1) is 5.41 Å². The Morgan fingerprint density at radius 2 is 1.95 bits per heavy atom. The van der Waals surface area contributed by atoms with Crippen molar-refractivity contribution in [3.63, 3.8) is 0 Å². The molecule has 1 aromatic heterocycles. The van der Waals surface area contributed by atoms with Crippen LogP contribution in [0.1, 0.15) is 25.7 Å². The van der Waals surface area contributed by atoms with Crippen LogP contribution in [0.3, 0.4) is 0 Å². The second-order valence-corrected chi connectivity index (χ2v) is 5.50. The summed E-state index contributed by atoms with van der Waals surface area (Å²) >= 11 is 0. The number of nitrogens with one attached hydrogen (secondary N) is 1. The number of aromatic nitrogens is 2. The van der Waals surface area contributed by atoms with Crippen molar-refractivity contribution >= 4 is 16.7 Å². The Labute approximate surface area is 113 Å². The monoisotopic (exact) mass is 256 g/mol. The van der Waals surface area contributed by atoms with Crippen LogP contribution in [-0.4, -0.2) is 23.1 Å². The predicted octanol–water partition coefficient (Wildman–Crippen LogP) is 2.56. The maximum Gasteiger partial charge on any atom is 0.137 e. The van der Waals surface area contributed by atoms with Gasteiger partial charge in [0, 0.05) is 11.9 Å². The Hall–Kier alpha value is -1.68. The zero-order chi connectivity index (χ0) is 13.1. The highest BCUT2D eigenvalue weighted by Gasteiger charge is 2.32. The summed E-state index contributed by atoms with van der Waals surface area (Å²) in [7, 11) is 0. The van der Waals surface area contributed by atoms with E-state index in [1.54, 1.807) is 6.33 Å². The number of para-hydroxylation sites is 1. The first kappa shape index (κ1) is 12.4. The highest BCUT2D eigenvalue weighted by Crippen LogP contribution is 2.37. The molecule has 1 aromatic carbocycles. The third-order valence-electron chi connectivity index (χ3n) is 4.27. The number of hydrogen-bond acceptors (Lipinski definition) is 4. The van der Waals surface area contributed by atoms with Crippen LogP contribution in [0.25, 0.3) is 10.9 Å². The summed E-state index contributed by atoms with van der Waals surface area (Å²) in [5.74, 6) is 0.922. The first-order chi connectivity index (χ1) is 9.33. The SMILES string of the molecule is NCC1(CNc2ncnc3ccccc23)CCCC1. The minimum absolute atomic E-state index is 0.256. The zero-order valence-electron chi connectivity index (χ0n) is 11.1. The topological polar surface area (TPSA) is 63.8 Å². The Bertz CT molecular complexity index is 556. The van der Waals surface area contributed by atoms with E-state index < -0.39 is 0 Å². The summed E-state index contributed by atoms with van der Waals surface area (Å²) in [5, 5.41) is 4.57. The molecule has 0 amide bonds. The number of benzene rings is 1. The van der Waals surface area contributed by atoms with Crippen LogP contribution in [-0.2, 0) is 0 Å². The Kier molecular flexibility index (Phi) is 3.34. The number of hydrogen-bond donors (Lipinski definition) is 2. The van der Waals surface area contributed by atoms with Gasteiger partial charge < -0.3 is 11.1 Å². The van der Waals surface area contributed by atoms with Crippen LogP contribution in [0.5, 0.6) is 0 Å². The average molecular weight is 256 g/mol. The first-order valence-corrected chi connectivity index (χ1v) is 6.97. The van der Waals surface area contributed by atoms with Gasteiger partial charge in [0.1, 0.15) is 12.1 Å². The second-order valence-electron chi connectivity index (χ2n) is 5.50. The predicted molar refractivity (Wildman–Crippen MR) is 78.0 cm³/mol. The van der Waals surface area contributed by atoms with E-state index in [2.05, 4.69) is 21.4 Å². The lowest BCUT2D eigenvalue weighted by atomic mass is 9.86. The number of anilines is 1. The van der Waals surface area contributed by atoms with E-state index >= 15 is 0 Å². The van der Waals surface area contributed by atoms with Crippen molar-refractivity contribution in [1.29, 1.82) is 0 Å². The normalized spacial score (nSPS) is 17.7. The molecule has 0 atom stereocenters. The van der Waals surface area contributed by atoms with Crippen LogP contribution < -0.4 is 11.1 Å². The molecule has 4 nitrogen and oxygen atoms in total. The fraction of sp³-hybridized carbons (Fsp3) is 0.467. The van der Waals surface area contributed by atoms with Gasteiger partial charge in [-0.15, -0.1) is 0 Å². The van der Waals surface area contributed by atoms with Crippen molar-refractivity contribution < 1.29 is 0 Å². The molecule has 0 spiro atoms. The minimum Gasteiger partial charge on any atom is -0.369 e. The second kappa shape index (κ2) is 5.13. The summed E-state index contributed by atoms with van der Waals surface area (Å²) in [6, 6.07) is 8.08. The molecule has 3 N–H and O–H groups in total. The summed E-state index contributed by atoms with van der Waals surface area (Å²) in [4.78, 5) is 8.65. The smallest absolute Gasteiger partial charge is 0.137 e. The molecule has 1 fully saturated rings. The van der Waals surface area contributed by atoms with Gasteiger partial charge in [0.05, 0.1) is 5.52 Å². The quantitative estimate of drug-likeness (QED) is 0.882. The molecule has 1 heterocycles. The minimum atomic E-state index is 0.256. The van der Waals surface area contributed by atoms with Gasteiger partial charge in [-0.1, -0.05) is 25.0 Å². The third kappa shape index (κ3) is 2.40. The lowest BCUT2D eigenvalue weighted by Gasteiger charge is -2.27. The van der Waals surface area contributed by atoms with E-state index in [0.717, 1.165) is 29.8 Å². The molecule has 0 bridgehead atoms. The van der Waals surface area contributed by atoms with Gasteiger partial charge in [0.25, 0.3) is 0 Å². The van der Waals surface area contributed by atoms with E-state index in [-0.39, 0.29) is 5.41 Å². The maximum absolute atomic E-state index is 5.97. The highest BCUT2D eigenvalue weighted by molar-refractivity contribution is 5.88. The Morgan fingerprint density at radius 1 is 1.16 bits per heavy atom. The van der Waals surface area contributed by atoms with Gasteiger partial charge in [-0.3, -0.25) is 0 Å². The van der Waals surface area contributed by atoms with Crippen LogP contribution in [0.15, 0.2) is 30.6 Å². The fourth-order valence-corrected chi connectivity index (χ4v) is 2.99. The summed E-state index contributed by atoms with van der Waals surface area (Å²) in [5.41, 5.74) is 7.21. The molecule has 100 valence electrons. The van der Waals surface area contributed by atoms with Crippen molar-refractivity contribution in [3.05, 3.63) is 30.6 Å². The van der Waals surface area contributed by atoms with Crippen LogP contribution in [0.2, 0.25) is 0 Å². The van der Waals surface area contributed by atoms with Gasteiger partial charge in [0.15, 0.2) is 0 Å². The molecular formula is C15H20N4. The highest BCUT2D eigenvalue weighted by atomic mass is 15.0. The number of nitrogens with two attached hydrogens (primary N) is 1. The summed E-state index contributed by atoms with van der Waals surface area (Å²) in [6.07, 6.45) is 6.65. The molecule has 1 aliphatic rings. The third-order valence-corrected chi connectivity index (χ3v) is 4.27. The largest absolute Gasteiger partial charge is 0.369 e. The lowest BCUT2D eigenvalue weighted by Crippen LogP contribution is -2.34. The van der Waals surface area contributed by atoms with Crippen molar-refractivity contribution in [2.24, 2.45) is 11.1 Å². The molecule has 3 rings (SSSR count). The molecule has 0 saturated heterocycles. The molecule has 19 heavy (non-hydrogen) atoms. The van der Waals surface area contributed by atoms with E-state index in [0.29, 0.717) is 0 Å². The van der Waals surface area contributed by atoms with E-state index in [4.69, 9.17) is 5.73 Å². The van der Waals surface area contributed by atoms with Gasteiger partial charge >= 0.3 is 0 Å². The maximum atomic E-state index is 5.97. The van der Waals surface area contributed by atoms with Gasteiger partial charge in [-0.05, 0) is 36.9 Å². The zero-order valence-corrected chi connectivity index (χ0v) is 11.1. The van der Waals surface area contributed by atoms with Crippen molar-refractivity contribution in [3.8, 4) is 0 Å². The van der Waals surface area contributed by atoms with Crippen molar-refractivity contribution in [2.75, 3.05) is 18.4 Å². The number of rotatable bonds is 4. The molecule has 0 aliphatic heterocycles. The fourth-order valence-electron chi connectivity index (χ4n) is 2.99. The molecule has 0 unspecified atom stereocenters. The van der Waals surface area contributed by atoms with Gasteiger partial charge in [-0.25, -0.2) is 9.97 Å². The van der Waals surface area contributed by atoms with Crippen molar-refractivity contribution in [2.45, 2.75) is 25.7 Å². The first-order valence-electron chi connectivity index (χ1n) is 6.97. The standard InChI is InChI=1S/C15H20N4/c16-9-15(7-3-4-8-15)10-17-14-12-5-1-2-6-13(12)18-11-19-14/h1-2,5-6,11H,3-4,7-10,16H2,(H,17,18,19). The number of nitrogens with zero attached hydrogens (tertiary/aromatic N) is 2. The summed E-state index contributed by atoms with van der Waals surface area (Å²) < 4.78 is 0. The lowest BCUT2D eigenvalue weighted by molar-refractivity contribution is 0.332. The molecular weight excluding hydrogens is 236 g/mol. The Morgan fingerprint density at radius 3 is 2.74 bits per heavy atom. The molecule has 1 aliphatic carbocycles. The van der Waals surface area contributed by atoms with Crippen LogP contribution in [0.4, 0.5) is 5.82 Å². The molecule has 0 radical (unpaired) electrons. The molecule has 1 saturated carbocycles. The van der Waals surface area contributed by atoms with E-state index in [1.165, 1.54) is 25.7 Å². The van der Waals surface area contributed by atoms with E-state index in [9.17, 15) is 0 Å². The molecule has 2 aromatic rings.